The van der Waals surface area contributed by atoms with Gasteiger partial charge in [-0.2, -0.15) is 0 Å². The summed E-state index contributed by atoms with van der Waals surface area (Å²) in [4.78, 5) is 19.0. The standard InChI is InChI=1S/C15H26N4OS/c1-3-19(2)15-18-13(16)12(21-15)14(20)17-10-9-11-7-5-4-6-8-11/h11H,3-10,16H2,1-2H3,(H,17,20). The number of anilines is 2. The lowest BCUT2D eigenvalue weighted by molar-refractivity contribution is 0.0955. The first-order chi connectivity index (χ1) is 10.1. The summed E-state index contributed by atoms with van der Waals surface area (Å²) in [5.41, 5.74) is 5.86. The second-order valence-corrected chi connectivity index (χ2v) is 6.75. The summed E-state index contributed by atoms with van der Waals surface area (Å²) in [6, 6.07) is 0. The second kappa shape index (κ2) is 7.64. The van der Waals surface area contributed by atoms with E-state index in [2.05, 4.69) is 10.3 Å². The maximum absolute atomic E-state index is 12.2. The third-order valence-corrected chi connectivity index (χ3v) is 5.40. The average Bonchev–Trinajstić information content (AvgIpc) is 2.89. The lowest BCUT2D eigenvalue weighted by Gasteiger charge is -2.21. The van der Waals surface area contributed by atoms with Crippen LogP contribution in [0.15, 0.2) is 0 Å². The molecule has 1 fully saturated rings. The number of carbonyl (C=O) groups is 1. The molecule has 3 N–H and O–H groups in total. The molecule has 0 spiro atoms. The zero-order chi connectivity index (χ0) is 15.2. The topological polar surface area (TPSA) is 71.2 Å². The Morgan fingerprint density at radius 2 is 2.14 bits per heavy atom. The Labute approximate surface area is 130 Å². The fourth-order valence-corrected chi connectivity index (χ4v) is 3.65. The van der Waals surface area contributed by atoms with Gasteiger partial charge in [0.15, 0.2) is 5.13 Å². The Balaban J connectivity index is 1.83. The molecule has 0 bridgehead atoms. The Bertz CT molecular complexity index is 468. The van der Waals surface area contributed by atoms with Gasteiger partial charge in [-0.05, 0) is 19.3 Å². The first-order valence-corrected chi connectivity index (χ1v) is 8.69. The van der Waals surface area contributed by atoms with E-state index in [1.54, 1.807) is 0 Å². The lowest BCUT2D eigenvalue weighted by Crippen LogP contribution is -2.26. The highest BCUT2D eigenvalue weighted by Crippen LogP contribution is 2.28. The summed E-state index contributed by atoms with van der Waals surface area (Å²) < 4.78 is 0. The van der Waals surface area contributed by atoms with Gasteiger partial charge in [0.2, 0.25) is 0 Å². The van der Waals surface area contributed by atoms with Crippen molar-refractivity contribution in [1.82, 2.24) is 10.3 Å². The van der Waals surface area contributed by atoms with Crippen LogP contribution in [0.2, 0.25) is 0 Å². The first-order valence-electron chi connectivity index (χ1n) is 7.87. The number of hydrogen-bond donors (Lipinski definition) is 2. The number of nitrogens with two attached hydrogens (primary N) is 1. The van der Waals surface area contributed by atoms with Crippen LogP contribution >= 0.6 is 11.3 Å². The normalized spacial score (nSPS) is 15.9. The minimum absolute atomic E-state index is 0.0865. The van der Waals surface area contributed by atoms with Gasteiger partial charge in [-0.25, -0.2) is 4.98 Å². The first kappa shape index (κ1) is 16.1. The van der Waals surface area contributed by atoms with Crippen molar-refractivity contribution in [2.45, 2.75) is 45.4 Å². The van der Waals surface area contributed by atoms with E-state index < -0.39 is 0 Å². The van der Waals surface area contributed by atoms with E-state index in [9.17, 15) is 4.79 Å². The predicted molar refractivity (Wildman–Crippen MR) is 89.0 cm³/mol. The van der Waals surface area contributed by atoms with Crippen molar-refractivity contribution in [2.75, 3.05) is 30.8 Å². The molecule has 118 valence electrons. The van der Waals surface area contributed by atoms with Gasteiger partial charge in [0, 0.05) is 20.1 Å². The molecule has 0 aromatic carbocycles. The van der Waals surface area contributed by atoms with E-state index in [0.717, 1.165) is 30.6 Å². The molecule has 1 aromatic rings. The number of amides is 1. The smallest absolute Gasteiger partial charge is 0.265 e. The van der Waals surface area contributed by atoms with Crippen molar-refractivity contribution in [2.24, 2.45) is 5.92 Å². The van der Waals surface area contributed by atoms with Crippen LogP contribution in [-0.4, -0.2) is 31.0 Å². The largest absolute Gasteiger partial charge is 0.382 e. The fraction of sp³-hybridized carbons (Fsp3) is 0.733. The molecular weight excluding hydrogens is 284 g/mol. The van der Waals surface area contributed by atoms with Crippen molar-refractivity contribution >= 4 is 28.2 Å². The van der Waals surface area contributed by atoms with Gasteiger partial charge in [-0.1, -0.05) is 43.4 Å². The van der Waals surface area contributed by atoms with Crippen LogP contribution in [0.3, 0.4) is 0 Å². The maximum atomic E-state index is 12.2. The third kappa shape index (κ3) is 4.33. The molecule has 1 heterocycles. The molecule has 1 amide bonds. The minimum Gasteiger partial charge on any atom is -0.382 e. The molecule has 1 saturated carbocycles. The van der Waals surface area contributed by atoms with Crippen molar-refractivity contribution < 1.29 is 4.79 Å². The van der Waals surface area contributed by atoms with Gasteiger partial charge >= 0.3 is 0 Å². The predicted octanol–water partition coefficient (Wildman–Crippen LogP) is 2.88. The lowest BCUT2D eigenvalue weighted by atomic mass is 9.87. The molecule has 0 saturated heterocycles. The maximum Gasteiger partial charge on any atom is 0.265 e. The van der Waals surface area contributed by atoms with Crippen molar-refractivity contribution in [3.05, 3.63) is 4.88 Å². The molecule has 1 aliphatic carbocycles. The van der Waals surface area contributed by atoms with Crippen molar-refractivity contribution in [1.29, 1.82) is 0 Å². The number of nitrogens with one attached hydrogen (secondary N) is 1. The number of carbonyl (C=O) groups excluding carboxylic acids is 1. The summed E-state index contributed by atoms with van der Waals surface area (Å²) in [5.74, 6) is 1.03. The van der Waals surface area contributed by atoms with Crippen LogP contribution in [0, 0.1) is 5.92 Å². The SMILES string of the molecule is CCN(C)c1nc(N)c(C(=O)NCCC2CCCCC2)s1. The number of rotatable bonds is 6. The van der Waals surface area contributed by atoms with Crippen LogP contribution in [0.1, 0.15) is 55.1 Å². The zero-order valence-corrected chi connectivity index (χ0v) is 13.8. The average molecular weight is 310 g/mol. The Hall–Kier alpha value is -1.30. The van der Waals surface area contributed by atoms with Crippen LogP contribution in [0.5, 0.6) is 0 Å². The zero-order valence-electron chi connectivity index (χ0n) is 13.0. The molecule has 0 atom stereocenters. The second-order valence-electron chi connectivity index (χ2n) is 5.77. The molecule has 0 unspecified atom stereocenters. The monoisotopic (exact) mass is 310 g/mol. The third-order valence-electron chi connectivity index (χ3n) is 4.21. The highest BCUT2D eigenvalue weighted by atomic mass is 32.1. The van der Waals surface area contributed by atoms with Gasteiger partial charge in [0.05, 0.1) is 0 Å². The van der Waals surface area contributed by atoms with Crippen LogP contribution in [-0.2, 0) is 0 Å². The molecule has 1 aliphatic rings. The summed E-state index contributed by atoms with van der Waals surface area (Å²) in [6.45, 7) is 3.62. The van der Waals surface area contributed by atoms with E-state index >= 15 is 0 Å². The van der Waals surface area contributed by atoms with Crippen molar-refractivity contribution in [3.8, 4) is 0 Å². The fourth-order valence-electron chi connectivity index (χ4n) is 2.73. The molecule has 0 radical (unpaired) electrons. The highest BCUT2D eigenvalue weighted by Gasteiger charge is 2.18. The number of aromatic nitrogens is 1. The van der Waals surface area contributed by atoms with Crippen LogP contribution < -0.4 is 16.0 Å². The molecular formula is C15H26N4OS. The molecule has 0 aliphatic heterocycles. The number of nitrogens with zero attached hydrogens (tertiary/aromatic N) is 2. The number of thiazole rings is 1. The van der Waals surface area contributed by atoms with Gasteiger partial charge in [0.1, 0.15) is 10.7 Å². The van der Waals surface area contributed by atoms with Gasteiger partial charge in [-0.15, -0.1) is 0 Å². The Kier molecular flexibility index (Phi) is 5.85. The summed E-state index contributed by atoms with van der Waals surface area (Å²) in [7, 11) is 1.95. The quantitative estimate of drug-likeness (QED) is 0.847. The highest BCUT2D eigenvalue weighted by molar-refractivity contribution is 7.18. The van der Waals surface area contributed by atoms with E-state index in [1.165, 1.54) is 43.4 Å². The van der Waals surface area contributed by atoms with Crippen LogP contribution in [0.4, 0.5) is 10.9 Å². The minimum atomic E-state index is -0.0865. The van der Waals surface area contributed by atoms with Gasteiger partial charge < -0.3 is 16.0 Å². The molecule has 6 heteroatoms. The van der Waals surface area contributed by atoms with Crippen molar-refractivity contribution in [3.63, 3.8) is 0 Å². The van der Waals surface area contributed by atoms with Gasteiger partial charge in [0.25, 0.3) is 5.91 Å². The Morgan fingerprint density at radius 1 is 1.43 bits per heavy atom. The van der Waals surface area contributed by atoms with E-state index in [4.69, 9.17) is 5.73 Å². The Morgan fingerprint density at radius 3 is 2.81 bits per heavy atom. The van der Waals surface area contributed by atoms with E-state index in [-0.39, 0.29) is 5.91 Å². The molecule has 1 aromatic heterocycles. The number of nitrogen functional groups attached to an aromatic ring is 1. The summed E-state index contributed by atoms with van der Waals surface area (Å²) in [5, 5.41) is 3.79. The molecule has 2 rings (SSSR count). The van der Waals surface area contributed by atoms with E-state index in [1.807, 2.05) is 18.9 Å². The van der Waals surface area contributed by atoms with Gasteiger partial charge in [-0.3, -0.25) is 4.79 Å². The summed E-state index contributed by atoms with van der Waals surface area (Å²) in [6.07, 6.45) is 7.74. The summed E-state index contributed by atoms with van der Waals surface area (Å²) >= 11 is 1.36. The molecule has 21 heavy (non-hydrogen) atoms. The van der Waals surface area contributed by atoms with E-state index in [0.29, 0.717) is 10.7 Å². The van der Waals surface area contributed by atoms with Crippen LogP contribution in [0.25, 0.3) is 0 Å². The number of hydrogen-bond acceptors (Lipinski definition) is 5. The molecule has 5 nitrogen and oxygen atoms in total.